The van der Waals surface area contributed by atoms with Gasteiger partial charge in [0.25, 0.3) is 0 Å². The summed E-state index contributed by atoms with van der Waals surface area (Å²) < 4.78 is 10.1. The molecule has 1 aromatic heterocycles. The molecule has 0 aliphatic rings. The Hall–Kier alpha value is -1.03. The number of furan rings is 1. The number of carbonyl (C=O) groups excluding carboxylic acids is 1. The number of methoxy groups -OCH3 is 1. The van der Waals surface area contributed by atoms with Gasteiger partial charge in [-0.1, -0.05) is 0 Å². The van der Waals surface area contributed by atoms with Crippen LogP contribution in [-0.2, 0) is 9.53 Å². The van der Waals surface area contributed by atoms with Gasteiger partial charge in [0.05, 0.1) is 7.11 Å². The van der Waals surface area contributed by atoms with E-state index in [-0.39, 0.29) is 0 Å². The van der Waals surface area contributed by atoms with Crippen LogP contribution in [-0.4, -0.2) is 13.1 Å². The zero-order chi connectivity index (χ0) is 8.97. The number of esters is 1. The van der Waals surface area contributed by atoms with E-state index in [1.54, 1.807) is 12.1 Å². The molecule has 0 aliphatic heterocycles. The minimum Gasteiger partial charge on any atom is -0.466 e. The highest BCUT2D eigenvalue weighted by atomic mass is 79.9. The van der Waals surface area contributed by atoms with E-state index in [1.165, 1.54) is 19.3 Å². The number of halogens is 1. The Bertz CT molecular complexity index is 301. The van der Waals surface area contributed by atoms with Crippen LogP contribution in [0.5, 0.6) is 0 Å². The predicted octanol–water partition coefficient (Wildman–Crippen LogP) is 2.23. The van der Waals surface area contributed by atoms with Gasteiger partial charge in [0.15, 0.2) is 4.67 Å². The maximum absolute atomic E-state index is 10.6. The van der Waals surface area contributed by atoms with Crippen molar-refractivity contribution >= 4 is 28.0 Å². The molecule has 0 aliphatic carbocycles. The second-order valence-electron chi connectivity index (χ2n) is 2.00. The van der Waals surface area contributed by atoms with Gasteiger partial charge >= 0.3 is 5.97 Å². The molecule has 4 heteroatoms. The molecule has 0 spiro atoms. The fourth-order valence-corrected chi connectivity index (χ4v) is 0.955. The van der Waals surface area contributed by atoms with Crippen LogP contribution in [0.2, 0.25) is 0 Å². The zero-order valence-corrected chi connectivity index (χ0v) is 8.00. The largest absolute Gasteiger partial charge is 0.466 e. The molecule has 0 saturated heterocycles. The molecule has 1 heterocycles. The lowest BCUT2D eigenvalue weighted by atomic mass is 10.4. The van der Waals surface area contributed by atoms with E-state index in [0.717, 1.165) is 0 Å². The van der Waals surface area contributed by atoms with Crippen molar-refractivity contribution in [1.29, 1.82) is 0 Å². The smallest absolute Gasteiger partial charge is 0.330 e. The average molecular weight is 231 g/mol. The number of ether oxygens (including phenoxy) is 1. The van der Waals surface area contributed by atoms with E-state index in [0.29, 0.717) is 10.4 Å². The summed E-state index contributed by atoms with van der Waals surface area (Å²) in [6, 6.07) is 3.49. The van der Waals surface area contributed by atoms with Crippen molar-refractivity contribution in [3.05, 3.63) is 28.6 Å². The van der Waals surface area contributed by atoms with Crippen molar-refractivity contribution in [1.82, 2.24) is 0 Å². The second-order valence-corrected chi connectivity index (χ2v) is 2.78. The maximum atomic E-state index is 10.6. The molecule has 0 aromatic carbocycles. The lowest BCUT2D eigenvalue weighted by Gasteiger charge is -1.87. The summed E-state index contributed by atoms with van der Waals surface area (Å²) in [6.45, 7) is 0. The van der Waals surface area contributed by atoms with Crippen molar-refractivity contribution in [2.75, 3.05) is 7.11 Å². The molecule has 0 atom stereocenters. The molecule has 0 saturated carbocycles. The molecular weight excluding hydrogens is 224 g/mol. The van der Waals surface area contributed by atoms with Crippen molar-refractivity contribution in [3.8, 4) is 0 Å². The predicted molar refractivity (Wildman–Crippen MR) is 47.5 cm³/mol. The summed E-state index contributed by atoms with van der Waals surface area (Å²) in [5.41, 5.74) is 0. The quantitative estimate of drug-likeness (QED) is 0.578. The van der Waals surface area contributed by atoms with Gasteiger partial charge in [0, 0.05) is 6.08 Å². The molecule has 0 unspecified atom stereocenters. The van der Waals surface area contributed by atoms with Crippen LogP contribution in [0, 0.1) is 0 Å². The fourth-order valence-electron chi connectivity index (χ4n) is 0.636. The normalized spacial score (nSPS) is 10.5. The molecule has 0 fully saturated rings. The van der Waals surface area contributed by atoms with Crippen molar-refractivity contribution < 1.29 is 13.9 Å². The molecule has 1 aromatic rings. The minimum atomic E-state index is -0.400. The third kappa shape index (κ3) is 2.54. The standard InChI is InChI=1S/C8H7BrO3/c1-11-8(10)5-3-6-2-4-7(9)12-6/h2-5H,1H3. The molecule has 0 N–H and O–H groups in total. The SMILES string of the molecule is COC(=O)C=Cc1ccc(Br)o1. The van der Waals surface area contributed by atoms with Crippen molar-refractivity contribution in [2.24, 2.45) is 0 Å². The summed E-state index contributed by atoms with van der Waals surface area (Å²) in [4.78, 5) is 10.6. The third-order valence-corrected chi connectivity index (χ3v) is 1.61. The van der Waals surface area contributed by atoms with E-state index in [2.05, 4.69) is 20.7 Å². The van der Waals surface area contributed by atoms with E-state index in [4.69, 9.17) is 4.42 Å². The van der Waals surface area contributed by atoms with Crippen molar-refractivity contribution in [2.45, 2.75) is 0 Å². The first-order valence-electron chi connectivity index (χ1n) is 3.24. The first kappa shape index (κ1) is 9.06. The Morgan fingerprint density at radius 2 is 2.42 bits per heavy atom. The highest BCUT2D eigenvalue weighted by Crippen LogP contribution is 2.14. The van der Waals surface area contributed by atoms with Gasteiger partial charge in [-0.15, -0.1) is 0 Å². The topological polar surface area (TPSA) is 39.4 Å². The zero-order valence-electron chi connectivity index (χ0n) is 6.41. The summed E-state index contributed by atoms with van der Waals surface area (Å²) >= 11 is 3.14. The highest BCUT2D eigenvalue weighted by Gasteiger charge is 1.95. The number of rotatable bonds is 2. The Morgan fingerprint density at radius 3 is 2.92 bits per heavy atom. The number of hydrogen-bond donors (Lipinski definition) is 0. The van der Waals surface area contributed by atoms with Crippen LogP contribution < -0.4 is 0 Å². The molecule has 0 bridgehead atoms. The first-order chi connectivity index (χ1) is 5.72. The highest BCUT2D eigenvalue weighted by molar-refractivity contribution is 9.10. The average Bonchev–Trinajstić information content (AvgIpc) is 2.47. The number of hydrogen-bond acceptors (Lipinski definition) is 3. The van der Waals surface area contributed by atoms with E-state index < -0.39 is 5.97 Å². The molecular formula is C8H7BrO3. The van der Waals surface area contributed by atoms with Crippen LogP contribution in [0.25, 0.3) is 6.08 Å². The Kier molecular flexibility index (Phi) is 3.10. The first-order valence-corrected chi connectivity index (χ1v) is 4.03. The molecule has 0 radical (unpaired) electrons. The van der Waals surface area contributed by atoms with Gasteiger partial charge in [-0.05, 0) is 34.1 Å². The van der Waals surface area contributed by atoms with Gasteiger partial charge in [0.2, 0.25) is 0 Å². The van der Waals surface area contributed by atoms with E-state index >= 15 is 0 Å². The van der Waals surface area contributed by atoms with Crippen molar-refractivity contribution in [3.63, 3.8) is 0 Å². The van der Waals surface area contributed by atoms with Crippen LogP contribution >= 0.6 is 15.9 Å². The van der Waals surface area contributed by atoms with E-state index in [9.17, 15) is 4.79 Å². The molecule has 1 rings (SSSR count). The fraction of sp³-hybridized carbons (Fsp3) is 0.125. The van der Waals surface area contributed by atoms with Gasteiger partial charge in [-0.3, -0.25) is 0 Å². The Balaban J connectivity index is 2.63. The molecule has 3 nitrogen and oxygen atoms in total. The van der Waals surface area contributed by atoms with Gasteiger partial charge in [-0.25, -0.2) is 4.79 Å². The summed E-state index contributed by atoms with van der Waals surface area (Å²) in [6.07, 6.45) is 2.84. The Morgan fingerprint density at radius 1 is 1.67 bits per heavy atom. The lowest BCUT2D eigenvalue weighted by Crippen LogP contribution is -1.92. The minimum absolute atomic E-state index is 0.400. The van der Waals surface area contributed by atoms with Crippen LogP contribution in [0.3, 0.4) is 0 Å². The van der Waals surface area contributed by atoms with Gasteiger partial charge in [-0.2, -0.15) is 0 Å². The second kappa shape index (κ2) is 4.11. The molecule has 64 valence electrons. The van der Waals surface area contributed by atoms with Gasteiger partial charge < -0.3 is 9.15 Å². The summed E-state index contributed by atoms with van der Waals surface area (Å²) in [7, 11) is 1.32. The van der Waals surface area contributed by atoms with Crippen LogP contribution in [0.1, 0.15) is 5.76 Å². The van der Waals surface area contributed by atoms with Crippen LogP contribution in [0.15, 0.2) is 27.3 Å². The van der Waals surface area contributed by atoms with Crippen LogP contribution in [0.4, 0.5) is 0 Å². The Labute approximate surface area is 78.1 Å². The maximum Gasteiger partial charge on any atom is 0.330 e. The monoisotopic (exact) mass is 230 g/mol. The number of carbonyl (C=O) groups is 1. The van der Waals surface area contributed by atoms with E-state index in [1.807, 2.05) is 0 Å². The summed E-state index contributed by atoms with van der Waals surface area (Å²) in [5.74, 6) is 0.204. The molecule has 12 heavy (non-hydrogen) atoms. The van der Waals surface area contributed by atoms with Gasteiger partial charge in [0.1, 0.15) is 5.76 Å². The lowest BCUT2D eigenvalue weighted by molar-refractivity contribution is -0.134. The molecule has 0 amide bonds. The third-order valence-electron chi connectivity index (χ3n) is 1.18. The summed E-state index contributed by atoms with van der Waals surface area (Å²) in [5, 5.41) is 0.